The molecule has 2 aromatic carbocycles. The number of nitrogens with one attached hydrogen (secondary N) is 4. The van der Waals surface area contributed by atoms with Crippen molar-refractivity contribution in [2.24, 2.45) is 10.7 Å². The summed E-state index contributed by atoms with van der Waals surface area (Å²) in [7, 11) is 3.49. The van der Waals surface area contributed by atoms with Gasteiger partial charge in [-0.1, -0.05) is 48.5 Å². The molecular formula is C29H34FN7O. The van der Waals surface area contributed by atoms with Crippen molar-refractivity contribution in [1.82, 2.24) is 20.9 Å². The van der Waals surface area contributed by atoms with Gasteiger partial charge in [-0.05, 0) is 56.1 Å². The van der Waals surface area contributed by atoms with Crippen molar-refractivity contribution in [1.29, 1.82) is 0 Å². The van der Waals surface area contributed by atoms with Crippen LogP contribution in [-0.2, 0) is 11.3 Å². The second-order valence-corrected chi connectivity index (χ2v) is 9.12. The molecule has 9 heteroatoms. The number of amidine groups is 1. The number of aliphatic imine (C=N–C) groups is 1. The number of nitrogens with zero attached hydrogens (tertiary/aromatic N) is 2. The maximum absolute atomic E-state index is 13.5. The molecule has 8 nitrogen and oxygen atoms in total. The highest BCUT2D eigenvalue weighted by atomic mass is 19.1. The van der Waals surface area contributed by atoms with Gasteiger partial charge < -0.3 is 27.0 Å². The second kappa shape index (κ2) is 12.8. The zero-order valence-corrected chi connectivity index (χ0v) is 21.7. The predicted octanol–water partition coefficient (Wildman–Crippen LogP) is 3.54. The standard InChI is InChI=1S/C29H34FN7O/c1-32-23-11-6-12-24(23)37-27(31)26(29(38)33-2)28(35-21-8-4-3-5-9-21)34-18-19-14-16-20(17-15-19)22-10-7-13-25(30)36-22/h3-5,7-10,13-17,23-24,32,34-35H,6,11-12,18H2,1-2H3,(H2,31,37)(H,33,38)/b28-26-/t23-,24+/m1/s1. The third-order valence-corrected chi connectivity index (χ3v) is 6.59. The summed E-state index contributed by atoms with van der Waals surface area (Å²) in [5, 5.41) is 12.7. The van der Waals surface area contributed by atoms with Gasteiger partial charge in [0.1, 0.15) is 17.2 Å². The van der Waals surface area contributed by atoms with E-state index in [1.807, 2.05) is 61.6 Å². The summed E-state index contributed by atoms with van der Waals surface area (Å²) in [5.74, 6) is -0.236. The molecule has 1 aliphatic rings. The van der Waals surface area contributed by atoms with Crippen molar-refractivity contribution in [2.45, 2.75) is 37.9 Å². The lowest BCUT2D eigenvalue weighted by Gasteiger charge is -2.20. The Bertz CT molecular complexity index is 1290. The first kappa shape index (κ1) is 26.8. The van der Waals surface area contributed by atoms with E-state index in [1.54, 1.807) is 19.2 Å². The molecular weight excluding hydrogens is 481 g/mol. The average Bonchev–Trinajstić information content (AvgIpc) is 3.39. The van der Waals surface area contributed by atoms with Crippen molar-refractivity contribution in [3.63, 3.8) is 0 Å². The lowest BCUT2D eigenvalue weighted by molar-refractivity contribution is -0.116. The lowest BCUT2D eigenvalue weighted by Crippen LogP contribution is -2.38. The summed E-state index contributed by atoms with van der Waals surface area (Å²) < 4.78 is 13.5. The highest BCUT2D eigenvalue weighted by molar-refractivity contribution is 6.21. The molecule has 0 radical (unpaired) electrons. The van der Waals surface area contributed by atoms with Crippen LogP contribution < -0.4 is 27.0 Å². The number of amides is 1. The molecule has 0 bridgehead atoms. The predicted molar refractivity (Wildman–Crippen MR) is 150 cm³/mol. The van der Waals surface area contributed by atoms with Gasteiger partial charge >= 0.3 is 0 Å². The van der Waals surface area contributed by atoms with E-state index < -0.39 is 5.95 Å². The van der Waals surface area contributed by atoms with Crippen LogP contribution in [0.1, 0.15) is 24.8 Å². The van der Waals surface area contributed by atoms with E-state index in [9.17, 15) is 9.18 Å². The normalized spacial score (nSPS) is 18.0. The molecule has 0 unspecified atom stereocenters. The van der Waals surface area contributed by atoms with Crippen LogP contribution in [0.25, 0.3) is 11.3 Å². The van der Waals surface area contributed by atoms with Crippen molar-refractivity contribution < 1.29 is 9.18 Å². The minimum Gasteiger partial charge on any atom is -0.383 e. The summed E-state index contributed by atoms with van der Waals surface area (Å²) in [6.45, 7) is 0.405. The number of carbonyl (C=O) groups is 1. The number of halogens is 1. The van der Waals surface area contributed by atoms with E-state index >= 15 is 0 Å². The fourth-order valence-electron chi connectivity index (χ4n) is 4.57. The van der Waals surface area contributed by atoms with Crippen LogP contribution in [0.15, 0.2) is 89.2 Å². The number of anilines is 1. The summed E-state index contributed by atoms with van der Waals surface area (Å²) in [6.07, 6.45) is 2.99. The van der Waals surface area contributed by atoms with Gasteiger partial charge in [-0.3, -0.25) is 9.79 Å². The van der Waals surface area contributed by atoms with Gasteiger partial charge in [0, 0.05) is 30.9 Å². The highest BCUT2D eigenvalue weighted by Gasteiger charge is 2.27. The number of rotatable bonds is 10. The maximum atomic E-state index is 13.5. The molecule has 1 saturated carbocycles. The van der Waals surface area contributed by atoms with Crippen LogP contribution >= 0.6 is 0 Å². The van der Waals surface area contributed by atoms with Crippen LogP contribution in [0.4, 0.5) is 10.1 Å². The Kier molecular flexibility index (Phi) is 9.05. The van der Waals surface area contributed by atoms with Crippen LogP contribution in [0.3, 0.4) is 0 Å². The number of para-hydroxylation sites is 1. The first-order valence-corrected chi connectivity index (χ1v) is 12.7. The van der Waals surface area contributed by atoms with E-state index in [0.29, 0.717) is 18.1 Å². The SMILES string of the molecule is CNC(=O)/C(C(N)=N[C@H]1CCC[C@H]1NC)=C(/NCc1ccc(-c2cccc(F)n2)cc1)Nc1ccccc1. The molecule has 4 rings (SSSR count). The maximum Gasteiger partial charge on any atom is 0.258 e. The number of hydrogen-bond donors (Lipinski definition) is 5. The van der Waals surface area contributed by atoms with Crippen molar-refractivity contribution in [3.05, 3.63) is 95.7 Å². The Morgan fingerprint density at radius 2 is 1.79 bits per heavy atom. The minimum absolute atomic E-state index is 0.00149. The second-order valence-electron chi connectivity index (χ2n) is 9.12. The molecule has 38 heavy (non-hydrogen) atoms. The summed E-state index contributed by atoms with van der Waals surface area (Å²) in [5.41, 5.74) is 9.87. The molecule has 2 atom stereocenters. The summed E-state index contributed by atoms with van der Waals surface area (Å²) in [6, 6.07) is 22.1. The summed E-state index contributed by atoms with van der Waals surface area (Å²) >= 11 is 0. The molecule has 3 aromatic rings. The molecule has 198 valence electrons. The lowest BCUT2D eigenvalue weighted by atomic mass is 10.1. The number of aromatic nitrogens is 1. The number of pyridine rings is 1. The topological polar surface area (TPSA) is 116 Å². The van der Waals surface area contributed by atoms with Gasteiger partial charge in [-0.25, -0.2) is 4.98 Å². The fraction of sp³-hybridized carbons (Fsp3) is 0.276. The zero-order chi connectivity index (χ0) is 26.9. The van der Waals surface area contributed by atoms with Crippen molar-refractivity contribution in [3.8, 4) is 11.3 Å². The van der Waals surface area contributed by atoms with Gasteiger partial charge in [-0.15, -0.1) is 0 Å². The number of carbonyl (C=O) groups excluding carboxylic acids is 1. The molecule has 1 fully saturated rings. The summed E-state index contributed by atoms with van der Waals surface area (Å²) in [4.78, 5) is 21.8. The van der Waals surface area contributed by atoms with Gasteiger partial charge in [0.2, 0.25) is 5.95 Å². The van der Waals surface area contributed by atoms with Gasteiger partial charge in [-0.2, -0.15) is 4.39 Å². The number of likely N-dealkylation sites (N-methyl/N-ethyl adjacent to an activating group) is 2. The molecule has 0 aliphatic heterocycles. The number of hydrogen-bond acceptors (Lipinski definition) is 6. The first-order chi connectivity index (χ1) is 18.5. The van der Waals surface area contributed by atoms with Gasteiger partial charge in [0.25, 0.3) is 5.91 Å². The monoisotopic (exact) mass is 515 g/mol. The highest BCUT2D eigenvalue weighted by Crippen LogP contribution is 2.23. The first-order valence-electron chi connectivity index (χ1n) is 12.7. The average molecular weight is 516 g/mol. The Morgan fingerprint density at radius 1 is 1.03 bits per heavy atom. The Labute approximate surface area is 222 Å². The van der Waals surface area contributed by atoms with Crippen LogP contribution in [0.5, 0.6) is 0 Å². The Balaban J connectivity index is 1.63. The molecule has 1 aliphatic carbocycles. The third-order valence-electron chi connectivity index (χ3n) is 6.59. The minimum atomic E-state index is -0.519. The number of nitrogens with two attached hydrogens (primary N) is 1. The smallest absolute Gasteiger partial charge is 0.258 e. The van der Waals surface area contributed by atoms with Gasteiger partial charge in [0.05, 0.1) is 11.7 Å². The molecule has 6 N–H and O–H groups in total. The van der Waals surface area contributed by atoms with E-state index in [4.69, 9.17) is 10.7 Å². The third kappa shape index (κ3) is 6.74. The van der Waals surface area contributed by atoms with E-state index in [0.717, 1.165) is 36.1 Å². The van der Waals surface area contributed by atoms with Crippen LogP contribution in [-0.4, -0.2) is 42.9 Å². The van der Waals surface area contributed by atoms with Gasteiger partial charge in [0.15, 0.2) is 0 Å². The van der Waals surface area contributed by atoms with Crippen LogP contribution in [0.2, 0.25) is 0 Å². The number of benzene rings is 2. The molecule has 1 amide bonds. The Morgan fingerprint density at radius 3 is 2.47 bits per heavy atom. The molecule has 1 heterocycles. The molecule has 1 aromatic heterocycles. The quantitative estimate of drug-likeness (QED) is 0.122. The van der Waals surface area contributed by atoms with E-state index in [-0.39, 0.29) is 29.4 Å². The van der Waals surface area contributed by atoms with E-state index in [2.05, 4.69) is 26.3 Å². The molecule has 0 spiro atoms. The van der Waals surface area contributed by atoms with E-state index in [1.165, 1.54) is 6.07 Å². The largest absolute Gasteiger partial charge is 0.383 e. The Hall–Kier alpha value is -4.24. The fourth-order valence-corrected chi connectivity index (χ4v) is 4.57. The zero-order valence-electron chi connectivity index (χ0n) is 21.7. The van der Waals surface area contributed by atoms with Crippen molar-refractivity contribution in [2.75, 3.05) is 19.4 Å². The van der Waals surface area contributed by atoms with Crippen molar-refractivity contribution >= 4 is 17.4 Å². The molecule has 0 saturated heterocycles. The van der Waals surface area contributed by atoms with Crippen LogP contribution in [0, 0.1) is 5.95 Å².